The third-order valence-electron chi connectivity index (χ3n) is 2.50. The van der Waals surface area contributed by atoms with E-state index in [9.17, 15) is 4.39 Å². The van der Waals surface area contributed by atoms with Crippen LogP contribution in [-0.2, 0) is 6.54 Å². The molecule has 3 nitrogen and oxygen atoms in total. The Hall–Kier alpha value is -0.500. The molecule has 0 aliphatic heterocycles. The number of aliphatic imine (C=N–C) groups is 1. The third-order valence-corrected chi connectivity index (χ3v) is 3.12. The highest BCUT2D eigenvalue weighted by Crippen LogP contribution is 2.08. The van der Waals surface area contributed by atoms with E-state index < -0.39 is 0 Å². The summed E-state index contributed by atoms with van der Waals surface area (Å²) >= 11 is 1.79. The lowest BCUT2D eigenvalue weighted by Crippen LogP contribution is -2.37. The Balaban J connectivity index is 0.00000324. The maximum atomic E-state index is 13.1. The van der Waals surface area contributed by atoms with Crippen molar-refractivity contribution in [3.05, 3.63) is 35.1 Å². The molecule has 0 aliphatic carbocycles. The molecule has 0 spiro atoms. The highest BCUT2D eigenvalue weighted by molar-refractivity contribution is 14.0. The molecule has 19 heavy (non-hydrogen) atoms. The van der Waals surface area contributed by atoms with Crippen LogP contribution in [0.25, 0.3) is 0 Å². The van der Waals surface area contributed by atoms with Crippen LogP contribution in [0.15, 0.2) is 23.2 Å². The van der Waals surface area contributed by atoms with E-state index in [4.69, 9.17) is 0 Å². The summed E-state index contributed by atoms with van der Waals surface area (Å²) in [6.07, 6.45) is 2.07. The highest BCUT2D eigenvalue weighted by Gasteiger charge is 2.00. The first-order valence-electron chi connectivity index (χ1n) is 5.86. The fraction of sp³-hybridized carbons (Fsp3) is 0.462. The third kappa shape index (κ3) is 7.00. The fourth-order valence-electron chi connectivity index (χ4n) is 1.49. The number of nitrogens with one attached hydrogen (secondary N) is 2. The van der Waals surface area contributed by atoms with Crippen molar-refractivity contribution in [3.63, 3.8) is 0 Å². The molecule has 0 unspecified atom stereocenters. The maximum absolute atomic E-state index is 13.1. The number of nitrogens with zero attached hydrogens (tertiary/aromatic N) is 1. The van der Waals surface area contributed by atoms with Gasteiger partial charge in [0, 0.05) is 25.9 Å². The molecule has 6 heteroatoms. The van der Waals surface area contributed by atoms with Crippen molar-refractivity contribution < 1.29 is 4.39 Å². The Morgan fingerprint density at radius 1 is 1.37 bits per heavy atom. The van der Waals surface area contributed by atoms with Gasteiger partial charge in [-0.2, -0.15) is 11.8 Å². The zero-order valence-corrected chi connectivity index (χ0v) is 14.6. The molecule has 0 aliphatic rings. The van der Waals surface area contributed by atoms with E-state index in [1.807, 2.05) is 6.07 Å². The van der Waals surface area contributed by atoms with Crippen molar-refractivity contribution in [2.24, 2.45) is 4.99 Å². The second kappa shape index (κ2) is 10.3. The van der Waals surface area contributed by atoms with Gasteiger partial charge in [-0.25, -0.2) is 4.39 Å². The maximum Gasteiger partial charge on any atom is 0.191 e. The van der Waals surface area contributed by atoms with Gasteiger partial charge in [-0.1, -0.05) is 12.1 Å². The van der Waals surface area contributed by atoms with Crippen molar-refractivity contribution in [1.82, 2.24) is 10.6 Å². The molecule has 0 saturated heterocycles. The van der Waals surface area contributed by atoms with Crippen LogP contribution in [0, 0.1) is 12.7 Å². The van der Waals surface area contributed by atoms with E-state index in [0.717, 1.165) is 23.8 Å². The molecule has 1 aromatic carbocycles. The molecule has 0 atom stereocenters. The topological polar surface area (TPSA) is 36.4 Å². The van der Waals surface area contributed by atoms with Gasteiger partial charge in [0.25, 0.3) is 0 Å². The zero-order chi connectivity index (χ0) is 13.4. The van der Waals surface area contributed by atoms with Crippen LogP contribution in [0.1, 0.15) is 11.1 Å². The molecule has 0 aromatic heterocycles. The number of rotatable bonds is 5. The first-order valence-corrected chi connectivity index (χ1v) is 7.25. The van der Waals surface area contributed by atoms with Crippen LogP contribution in [0.2, 0.25) is 0 Å². The molecule has 108 valence electrons. The fourth-order valence-corrected chi connectivity index (χ4v) is 1.80. The first kappa shape index (κ1) is 18.5. The molecule has 0 radical (unpaired) electrons. The van der Waals surface area contributed by atoms with Crippen molar-refractivity contribution in [3.8, 4) is 0 Å². The summed E-state index contributed by atoms with van der Waals surface area (Å²) in [5.41, 5.74) is 1.71. The van der Waals surface area contributed by atoms with E-state index in [0.29, 0.717) is 12.1 Å². The Labute approximate surface area is 135 Å². The standard InChI is InChI=1S/C13H20FN3S.HI/c1-10-8-11(4-5-12(10)14)9-17-13(15-2)16-6-7-18-3;/h4-5,8H,6-7,9H2,1-3H3,(H2,15,16,17);1H. The van der Waals surface area contributed by atoms with Crippen molar-refractivity contribution in [2.75, 3.05) is 25.6 Å². The van der Waals surface area contributed by atoms with Crippen molar-refractivity contribution in [2.45, 2.75) is 13.5 Å². The molecular formula is C13H21FIN3S. The van der Waals surface area contributed by atoms with Crippen LogP contribution >= 0.6 is 35.7 Å². The van der Waals surface area contributed by atoms with Crippen LogP contribution in [-0.4, -0.2) is 31.6 Å². The zero-order valence-electron chi connectivity index (χ0n) is 11.5. The highest BCUT2D eigenvalue weighted by atomic mass is 127. The predicted octanol–water partition coefficient (Wildman–Crippen LogP) is 2.78. The summed E-state index contributed by atoms with van der Waals surface area (Å²) in [6.45, 7) is 3.29. The van der Waals surface area contributed by atoms with E-state index in [2.05, 4.69) is 21.9 Å². The number of hydrogen-bond donors (Lipinski definition) is 2. The van der Waals surface area contributed by atoms with E-state index in [-0.39, 0.29) is 29.8 Å². The summed E-state index contributed by atoms with van der Waals surface area (Å²) in [5, 5.41) is 6.41. The predicted molar refractivity (Wildman–Crippen MR) is 93.1 cm³/mol. The normalized spacial score (nSPS) is 10.8. The average Bonchev–Trinajstić information content (AvgIpc) is 2.37. The van der Waals surface area contributed by atoms with Gasteiger partial charge in [0.15, 0.2) is 5.96 Å². The SMILES string of the molecule is CN=C(NCCSC)NCc1ccc(F)c(C)c1.I. The number of halogens is 2. The molecule has 0 fully saturated rings. The molecule has 0 saturated carbocycles. The minimum Gasteiger partial charge on any atom is -0.356 e. The number of hydrogen-bond acceptors (Lipinski definition) is 2. The summed E-state index contributed by atoms with van der Waals surface area (Å²) < 4.78 is 13.1. The quantitative estimate of drug-likeness (QED) is 0.347. The lowest BCUT2D eigenvalue weighted by atomic mass is 10.1. The monoisotopic (exact) mass is 397 g/mol. The summed E-state index contributed by atoms with van der Waals surface area (Å²) in [7, 11) is 1.74. The second-order valence-corrected chi connectivity index (χ2v) is 4.91. The molecule has 2 N–H and O–H groups in total. The molecule has 1 aromatic rings. The van der Waals surface area contributed by atoms with Crippen LogP contribution in [0.5, 0.6) is 0 Å². The van der Waals surface area contributed by atoms with Crippen molar-refractivity contribution in [1.29, 1.82) is 0 Å². The minimum atomic E-state index is -0.166. The average molecular weight is 397 g/mol. The molecule has 1 rings (SSSR count). The van der Waals surface area contributed by atoms with Crippen LogP contribution < -0.4 is 10.6 Å². The second-order valence-electron chi connectivity index (χ2n) is 3.93. The van der Waals surface area contributed by atoms with Crippen LogP contribution in [0.3, 0.4) is 0 Å². The van der Waals surface area contributed by atoms with E-state index in [1.54, 1.807) is 31.8 Å². The number of benzene rings is 1. The smallest absolute Gasteiger partial charge is 0.191 e. The summed E-state index contributed by atoms with van der Waals surface area (Å²) in [6, 6.07) is 5.12. The van der Waals surface area contributed by atoms with E-state index in [1.165, 1.54) is 6.07 Å². The lowest BCUT2D eigenvalue weighted by Gasteiger charge is -2.11. The summed E-state index contributed by atoms with van der Waals surface area (Å²) in [4.78, 5) is 4.13. The Morgan fingerprint density at radius 3 is 2.68 bits per heavy atom. The molecule has 0 heterocycles. The largest absolute Gasteiger partial charge is 0.356 e. The Morgan fingerprint density at radius 2 is 2.11 bits per heavy atom. The van der Waals surface area contributed by atoms with Gasteiger partial charge in [-0.05, 0) is 30.4 Å². The van der Waals surface area contributed by atoms with Crippen molar-refractivity contribution >= 4 is 41.7 Å². The van der Waals surface area contributed by atoms with Gasteiger partial charge in [0.05, 0.1) is 0 Å². The minimum absolute atomic E-state index is 0. The summed E-state index contributed by atoms with van der Waals surface area (Å²) in [5.74, 6) is 1.64. The number of aryl methyl sites for hydroxylation is 1. The molecule has 0 amide bonds. The number of thioether (sulfide) groups is 1. The van der Waals surface area contributed by atoms with Gasteiger partial charge in [0.2, 0.25) is 0 Å². The Bertz CT molecular complexity index is 413. The Kier molecular flexibility index (Phi) is 10.0. The first-order chi connectivity index (χ1) is 8.67. The van der Waals surface area contributed by atoms with Gasteiger partial charge in [-0.15, -0.1) is 24.0 Å². The van der Waals surface area contributed by atoms with Gasteiger partial charge >= 0.3 is 0 Å². The van der Waals surface area contributed by atoms with Gasteiger partial charge in [-0.3, -0.25) is 4.99 Å². The lowest BCUT2D eigenvalue weighted by molar-refractivity contribution is 0.617. The van der Waals surface area contributed by atoms with E-state index >= 15 is 0 Å². The molecule has 0 bridgehead atoms. The number of guanidine groups is 1. The van der Waals surface area contributed by atoms with Gasteiger partial charge < -0.3 is 10.6 Å². The van der Waals surface area contributed by atoms with Crippen LogP contribution in [0.4, 0.5) is 4.39 Å². The van der Waals surface area contributed by atoms with Gasteiger partial charge in [0.1, 0.15) is 5.82 Å². The molecular weight excluding hydrogens is 376 g/mol.